The highest BCUT2D eigenvalue weighted by Crippen LogP contribution is 2.14. The van der Waals surface area contributed by atoms with Crippen molar-refractivity contribution in [1.82, 2.24) is 0 Å². The second-order valence-electron chi connectivity index (χ2n) is 4.93. The van der Waals surface area contributed by atoms with E-state index in [9.17, 15) is 9.90 Å². The topological polar surface area (TPSA) is 81.8 Å². The van der Waals surface area contributed by atoms with E-state index >= 15 is 0 Å². The molecular formula is C13H19NO4. The number of anilines is 1. The van der Waals surface area contributed by atoms with E-state index in [1.54, 1.807) is 45.0 Å². The third-order valence-corrected chi connectivity index (χ3v) is 1.97. The third-order valence-electron chi connectivity index (χ3n) is 1.97. The van der Waals surface area contributed by atoms with Gasteiger partial charge in [-0.3, -0.25) is 0 Å². The fourth-order valence-corrected chi connectivity index (χ4v) is 1.18. The summed E-state index contributed by atoms with van der Waals surface area (Å²) in [6.45, 7) is 5.05. The summed E-state index contributed by atoms with van der Waals surface area (Å²) in [5.74, 6) is -0.162. The van der Waals surface area contributed by atoms with Gasteiger partial charge in [0.1, 0.15) is 18.0 Å². The van der Waals surface area contributed by atoms with Crippen LogP contribution in [0.5, 0.6) is 5.75 Å². The minimum absolute atomic E-state index is 0.154. The lowest BCUT2D eigenvalue weighted by atomic mass is 10.2. The SMILES string of the molecule is CC(C)(C)OC(=O)[C@H](O)COc1ccc(N)cc1. The van der Waals surface area contributed by atoms with Crippen LogP contribution in [0.1, 0.15) is 20.8 Å². The van der Waals surface area contributed by atoms with E-state index in [-0.39, 0.29) is 6.61 Å². The largest absolute Gasteiger partial charge is 0.490 e. The van der Waals surface area contributed by atoms with Crippen molar-refractivity contribution in [1.29, 1.82) is 0 Å². The maximum absolute atomic E-state index is 11.5. The Kier molecular flexibility index (Phi) is 4.55. The number of benzene rings is 1. The van der Waals surface area contributed by atoms with Crippen LogP contribution in [0.4, 0.5) is 5.69 Å². The molecule has 18 heavy (non-hydrogen) atoms. The molecule has 0 aliphatic rings. The van der Waals surface area contributed by atoms with Crippen LogP contribution < -0.4 is 10.5 Å². The molecule has 3 N–H and O–H groups in total. The maximum Gasteiger partial charge on any atom is 0.339 e. The number of esters is 1. The zero-order valence-corrected chi connectivity index (χ0v) is 10.8. The fraction of sp³-hybridized carbons (Fsp3) is 0.462. The molecule has 0 aromatic heterocycles. The molecule has 1 atom stereocenters. The Morgan fingerprint density at radius 2 is 1.89 bits per heavy atom. The van der Waals surface area contributed by atoms with Gasteiger partial charge in [0, 0.05) is 5.69 Å². The second kappa shape index (κ2) is 5.73. The van der Waals surface area contributed by atoms with Crippen molar-refractivity contribution in [3.63, 3.8) is 0 Å². The van der Waals surface area contributed by atoms with E-state index < -0.39 is 17.7 Å². The quantitative estimate of drug-likeness (QED) is 0.625. The first kappa shape index (κ1) is 14.3. The number of carbonyl (C=O) groups is 1. The predicted octanol–water partition coefficient (Wildman–Crippen LogP) is 1.35. The molecule has 0 saturated carbocycles. The molecule has 0 radical (unpaired) electrons. The van der Waals surface area contributed by atoms with Gasteiger partial charge in [-0.2, -0.15) is 0 Å². The lowest BCUT2D eigenvalue weighted by molar-refractivity contribution is -0.166. The first-order valence-corrected chi connectivity index (χ1v) is 5.67. The summed E-state index contributed by atoms with van der Waals surface area (Å²) >= 11 is 0. The monoisotopic (exact) mass is 253 g/mol. The lowest BCUT2D eigenvalue weighted by Gasteiger charge is -2.21. The molecule has 1 aromatic carbocycles. The molecule has 0 heterocycles. The molecule has 1 aromatic rings. The number of aliphatic hydroxyl groups excluding tert-OH is 1. The number of nitrogen functional groups attached to an aromatic ring is 1. The van der Waals surface area contributed by atoms with Crippen LogP contribution in [0.3, 0.4) is 0 Å². The number of carbonyl (C=O) groups excluding carboxylic acids is 1. The predicted molar refractivity (Wildman–Crippen MR) is 68.2 cm³/mol. The van der Waals surface area contributed by atoms with E-state index in [2.05, 4.69) is 0 Å². The molecule has 1 rings (SSSR count). The van der Waals surface area contributed by atoms with Gasteiger partial charge < -0.3 is 20.3 Å². The van der Waals surface area contributed by atoms with E-state index in [1.165, 1.54) is 0 Å². The van der Waals surface area contributed by atoms with Gasteiger partial charge in [-0.25, -0.2) is 4.79 Å². The van der Waals surface area contributed by atoms with Crippen molar-refractivity contribution < 1.29 is 19.4 Å². The number of aliphatic hydroxyl groups is 1. The summed E-state index contributed by atoms with van der Waals surface area (Å²) in [5, 5.41) is 9.57. The number of nitrogens with two attached hydrogens (primary N) is 1. The minimum atomic E-state index is -1.30. The van der Waals surface area contributed by atoms with Crippen LogP contribution in [0.2, 0.25) is 0 Å². The minimum Gasteiger partial charge on any atom is -0.490 e. The number of hydrogen-bond acceptors (Lipinski definition) is 5. The molecule has 0 spiro atoms. The summed E-state index contributed by atoms with van der Waals surface area (Å²) < 4.78 is 10.3. The highest BCUT2D eigenvalue weighted by atomic mass is 16.6. The van der Waals surface area contributed by atoms with E-state index in [0.717, 1.165) is 0 Å². The fourth-order valence-electron chi connectivity index (χ4n) is 1.18. The van der Waals surface area contributed by atoms with Crippen molar-refractivity contribution in [2.24, 2.45) is 0 Å². The normalized spacial score (nSPS) is 12.9. The van der Waals surface area contributed by atoms with Gasteiger partial charge in [-0.1, -0.05) is 0 Å². The third kappa shape index (κ3) is 5.05. The first-order valence-electron chi connectivity index (χ1n) is 5.67. The highest BCUT2D eigenvalue weighted by Gasteiger charge is 2.23. The smallest absolute Gasteiger partial charge is 0.339 e. The van der Waals surface area contributed by atoms with Gasteiger partial charge in [0.2, 0.25) is 0 Å². The van der Waals surface area contributed by atoms with Crippen LogP contribution in [-0.4, -0.2) is 29.4 Å². The Hall–Kier alpha value is -1.75. The Balaban J connectivity index is 2.43. The van der Waals surface area contributed by atoms with Crippen molar-refractivity contribution in [3.8, 4) is 5.75 Å². The molecule has 0 aliphatic carbocycles. The second-order valence-corrected chi connectivity index (χ2v) is 4.93. The average Bonchev–Trinajstić information content (AvgIpc) is 2.25. The van der Waals surface area contributed by atoms with E-state index in [4.69, 9.17) is 15.2 Å². The molecule has 5 heteroatoms. The molecule has 0 amide bonds. The van der Waals surface area contributed by atoms with Crippen molar-refractivity contribution in [3.05, 3.63) is 24.3 Å². The molecule has 0 fully saturated rings. The van der Waals surface area contributed by atoms with Crippen LogP contribution in [-0.2, 0) is 9.53 Å². The standard InChI is InChI=1S/C13H19NO4/c1-13(2,3)18-12(16)11(15)8-17-10-6-4-9(14)5-7-10/h4-7,11,15H,8,14H2,1-3H3/t11-/m1/s1. The van der Waals surface area contributed by atoms with E-state index in [0.29, 0.717) is 11.4 Å². The summed E-state index contributed by atoms with van der Waals surface area (Å²) in [7, 11) is 0. The molecule has 0 saturated heterocycles. The Labute approximate surface area is 107 Å². The Morgan fingerprint density at radius 3 is 2.39 bits per heavy atom. The van der Waals surface area contributed by atoms with Gasteiger partial charge >= 0.3 is 5.97 Å². The van der Waals surface area contributed by atoms with Crippen LogP contribution in [0.15, 0.2) is 24.3 Å². The molecule has 0 unspecified atom stereocenters. The van der Waals surface area contributed by atoms with Crippen molar-refractivity contribution in [2.45, 2.75) is 32.5 Å². The molecular weight excluding hydrogens is 234 g/mol. The number of rotatable bonds is 4. The summed E-state index contributed by atoms with van der Waals surface area (Å²) in [6.07, 6.45) is -1.30. The van der Waals surface area contributed by atoms with Gasteiger partial charge in [0.25, 0.3) is 0 Å². The summed E-state index contributed by atoms with van der Waals surface area (Å²) in [6, 6.07) is 6.68. The van der Waals surface area contributed by atoms with Gasteiger partial charge in [-0.05, 0) is 45.0 Å². The number of ether oxygens (including phenoxy) is 2. The highest BCUT2D eigenvalue weighted by molar-refractivity contribution is 5.74. The van der Waals surface area contributed by atoms with E-state index in [1.807, 2.05) is 0 Å². The van der Waals surface area contributed by atoms with Gasteiger partial charge in [-0.15, -0.1) is 0 Å². The molecule has 0 aliphatic heterocycles. The van der Waals surface area contributed by atoms with Crippen molar-refractivity contribution >= 4 is 11.7 Å². The Bertz CT molecular complexity index is 394. The summed E-state index contributed by atoms with van der Waals surface area (Å²) in [5.41, 5.74) is 5.52. The maximum atomic E-state index is 11.5. The van der Waals surface area contributed by atoms with Crippen LogP contribution >= 0.6 is 0 Å². The molecule has 0 bridgehead atoms. The summed E-state index contributed by atoms with van der Waals surface area (Å²) in [4.78, 5) is 11.5. The Morgan fingerprint density at radius 1 is 1.33 bits per heavy atom. The average molecular weight is 253 g/mol. The van der Waals surface area contributed by atoms with Crippen LogP contribution in [0, 0.1) is 0 Å². The zero-order valence-electron chi connectivity index (χ0n) is 10.8. The zero-order chi connectivity index (χ0) is 13.8. The van der Waals surface area contributed by atoms with Gasteiger partial charge in [0.15, 0.2) is 6.10 Å². The molecule has 5 nitrogen and oxygen atoms in total. The first-order chi connectivity index (χ1) is 8.28. The van der Waals surface area contributed by atoms with Crippen LogP contribution in [0.25, 0.3) is 0 Å². The number of hydrogen-bond donors (Lipinski definition) is 2. The van der Waals surface area contributed by atoms with Crippen molar-refractivity contribution in [2.75, 3.05) is 12.3 Å². The molecule has 100 valence electrons. The lowest BCUT2D eigenvalue weighted by Crippen LogP contribution is -2.35. The van der Waals surface area contributed by atoms with Gasteiger partial charge in [0.05, 0.1) is 0 Å².